The molecule has 0 radical (unpaired) electrons. The van der Waals surface area contributed by atoms with Gasteiger partial charge >= 0.3 is 5.97 Å². The summed E-state index contributed by atoms with van der Waals surface area (Å²) in [7, 11) is 2.94. The van der Waals surface area contributed by atoms with Crippen molar-refractivity contribution >= 4 is 11.9 Å². The van der Waals surface area contributed by atoms with Crippen molar-refractivity contribution < 1.29 is 14.3 Å². The van der Waals surface area contributed by atoms with E-state index in [9.17, 15) is 9.59 Å². The van der Waals surface area contributed by atoms with E-state index >= 15 is 0 Å². The van der Waals surface area contributed by atoms with Crippen molar-refractivity contribution in [2.75, 3.05) is 20.7 Å². The first-order valence-electron chi connectivity index (χ1n) is 5.49. The maximum atomic E-state index is 11.8. The van der Waals surface area contributed by atoms with Gasteiger partial charge in [0.1, 0.15) is 6.54 Å². The number of carbonyl (C=O) groups excluding carboxylic acids is 2. The zero-order valence-electron chi connectivity index (χ0n) is 11.2. The largest absolute Gasteiger partial charge is 0.468 e. The average Bonchev–Trinajstić information content (AvgIpc) is 2.15. The van der Waals surface area contributed by atoms with Crippen LogP contribution in [0.1, 0.15) is 34.1 Å². The van der Waals surface area contributed by atoms with Crippen LogP contribution >= 0.6 is 0 Å². The van der Waals surface area contributed by atoms with Gasteiger partial charge in [0.15, 0.2) is 0 Å². The summed E-state index contributed by atoms with van der Waals surface area (Å²) in [6, 6.07) is 0. The molecule has 0 N–H and O–H groups in total. The molecule has 0 aromatic rings. The zero-order valence-corrected chi connectivity index (χ0v) is 11.2. The first kappa shape index (κ1) is 14.9. The minimum atomic E-state index is -0.390. The fourth-order valence-corrected chi connectivity index (χ4v) is 1.07. The number of hydrogen-bond acceptors (Lipinski definition) is 3. The van der Waals surface area contributed by atoms with Crippen LogP contribution in [0.5, 0.6) is 0 Å². The van der Waals surface area contributed by atoms with Gasteiger partial charge in [0.25, 0.3) is 0 Å². The summed E-state index contributed by atoms with van der Waals surface area (Å²) >= 11 is 0. The van der Waals surface area contributed by atoms with Crippen LogP contribution in [-0.2, 0) is 14.3 Å². The Morgan fingerprint density at radius 1 is 1.31 bits per heavy atom. The Balaban J connectivity index is 4.21. The van der Waals surface area contributed by atoms with Crippen LogP contribution in [0.15, 0.2) is 0 Å². The van der Waals surface area contributed by atoms with Crippen molar-refractivity contribution in [1.82, 2.24) is 4.90 Å². The van der Waals surface area contributed by atoms with Crippen molar-refractivity contribution in [2.24, 2.45) is 11.3 Å². The van der Waals surface area contributed by atoms with E-state index in [1.54, 1.807) is 7.05 Å². The van der Waals surface area contributed by atoms with Gasteiger partial charge in [-0.3, -0.25) is 9.59 Å². The highest BCUT2D eigenvalue weighted by Crippen LogP contribution is 2.28. The molecule has 1 unspecified atom stereocenters. The molecule has 94 valence electrons. The first-order chi connectivity index (χ1) is 7.18. The molecule has 0 aromatic heterocycles. The van der Waals surface area contributed by atoms with Gasteiger partial charge in [-0.25, -0.2) is 0 Å². The number of methoxy groups -OCH3 is 1. The summed E-state index contributed by atoms with van der Waals surface area (Å²) in [5, 5.41) is 0. The number of carbonyl (C=O) groups is 2. The molecule has 0 spiro atoms. The Morgan fingerprint density at radius 2 is 1.81 bits per heavy atom. The molecule has 4 heteroatoms. The number of nitrogens with zero attached hydrogens (tertiary/aromatic N) is 1. The first-order valence-corrected chi connectivity index (χ1v) is 5.49. The van der Waals surface area contributed by atoms with Crippen LogP contribution < -0.4 is 0 Å². The zero-order chi connectivity index (χ0) is 12.9. The number of rotatable bonds is 4. The van der Waals surface area contributed by atoms with Crippen molar-refractivity contribution in [3.8, 4) is 0 Å². The van der Waals surface area contributed by atoms with Crippen molar-refractivity contribution in [3.63, 3.8) is 0 Å². The molecule has 0 fully saturated rings. The predicted octanol–water partition coefficient (Wildman–Crippen LogP) is 1.69. The van der Waals surface area contributed by atoms with E-state index in [0.29, 0.717) is 6.42 Å². The van der Waals surface area contributed by atoms with Gasteiger partial charge in [-0.1, -0.05) is 27.7 Å². The summed E-state index contributed by atoms with van der Waals surface area (Å²) in [6.45, 7) is 8.37. The van der Waals surface area contributed by atoms with E-state index in [2.05, 4.69) is 25.5 Å². The Bertz CT molecular complexity index is 255. The van der Waals surface area contributed by atoms with Gasteiger partial charge in [-0.2, -0.15) is 0 Å². The van der Waals surface area contributed by atoms with Crippen molar-refractivity contribution in [1.29, 1.82) is 0 Å². The van der Waals surface area contributed by atoms with E-state index in [1.165, 1.54) is 12.0 Å². The number of ether oxygens (including phenoxy) is 1. The molecule has 0 saturated heterocycles. The van der Waals surface area contributed by atoms with E-state index in [4.69, 9.17) is 0 Å². The van der Waals surface area contributed by atoms with Gasteiger partial charge in [-0.05, 0) is 11.3 Å². The molecule has 0 aliphatic rings. The Labute approximate surface area is 98.0 Å². The fraction of sp³-hybridized carbons (Fsp3) is 0.833. The molecular weight excluding hydrogens is 206 g/mol. The van der Waals surface area contributed by atoms with E-state index in [-0.39, 0.29) is 29.8 Å². The standard InChI is InChI=1S/C12H23NO3/c1-9(12(2,3)4)7-10(14)13(5)8-11(15)16-6/h9H,7-8H2,1-6H3. The molecule has 0 aliphatic heterocycles. The molecule has 0 saturated carbocycles. The predicted molar refractivity (Wildman–Crippen MR) is 62.9 cm³/mol. The highest BCUT2D eigenvalue weighted by molar-refractivity contribution is 5.81. The SMILES string of the molecule is COC(=O)CN(C)C(=O)CC(C)C(C)(C)C. The van der Waals surface area contributed by atoms with Gasteiger partial charge < -0.3 is 9.64 Å². The minimum Gasteiger partial charge on any atom is -0.468 e. The topological polar surface area (TPSA) is 46.6 Å². The summed E-state index contributed by atoms with van der Waals surface area (Å²) < 4.78 is 4.51. The van der Waals surface area contributed by atoms with Crippen LogP contribution in [-0.4, -0.2) is 37.5 Å². The lowest BCUT2D eigenvalue weighted by Crippen LogP contribution is -2.35. The molecule has 4 nitrogen and oxygen atoms in total. The molecule has 0 aromatic carbocycles. The third-order valence-electron chi connectivity index (χ3n) is 2.98. The number of amides is 1. The molecular formula is C12H23NO3. The van der Waals surface area contributed by atoms with Crippen molar-refractivity contribution in [2.45, 2.75) is 34.1 Å². The average molecular weight is 229 g/mol. The van der Waals surface area contributed by atoms with Crippen LogP contribution in [0.2, 0.25) is 0 Å². The monoisotopic (exact) mass is 229 g/mol. The molecule has 1 atom stereocenters. The smallest absolute Gasteiger partial charge is 0.325 e. The lowest BCUT2D eigenvalue weighted by atomic mass is 9.80. The normalized spacial score (nSPS) is 13.1. The quantitative estimate of drug-likeness (QED) is 0.689. The van der Waals surface area contributed by atoms with Crippen LogP contribution in [0.25, 0.3) is 0 Å². The van der Waals surface area contributed by atoms with Crippen LogP contribution in [0.3, 0.4) is 0 Å². The van der Waals surface area contributed by atoms with E-state index in [1.807, 2.05) is 6.92 Å². The third-order valence-corrected chi connectivity index (χ3v) is 2.98. The second-order valence-corrected chi connectivity index (χ2v) is 5.30. The summed E-state index contributed by atoms with van der Waals surface area (Å²) in [5.41, 5.74) is 0.0990. The van der Waals surface area contributed by atoms with Crippen LogP contribution in [0.4, 0.5) is 0 Å². The Kier molecular flexibility index (Phi) is 5.48. The lowest BCUT2D eigenvalue weighted by Gasteiger charge is -2.28. The van der Waals surface area contributed by atoms with Crippen molar-refractivity contribution in [3.05, 3.63) is 0 Å². The second kappa shape index (κ2) is 5.87. The van der Waals surface area contributed by atoms with E-state index in [0.717, 1.165) is 0 Å². The van der Waals surface area contributed by atoms with Gasteiger partial charge in [0.05, 0.1) is 7.11 Å². The number of hydrogen-bond donors (Lipinski definition) is 0. The molecule has 1 amide bonds. The third kappa shape index (κ3) is 5.14. The van der Waals surface area contributed by atoms with Gasteiger partial charge in [0, 0.05) is 13.5 Å². The Hall–Kier alpha value is -1.06. The molecule has 0 heterocycles. The molecule has 0 rings (SSSR count). The number of esters is 1. The highest BCUT2D eigenvalue weighted by atomic mass is 16.5. The fourth-order valence-electron chi connectivity index (χ4n) is 1.07. The minimum absolute atomic E-state index is 0.0200. The highest BCUT2D eigenvalue weighted by Gasteiger charge is 2.24. The summed E-state index contributed by atoms with van der Waals surface area (Å²) in [4.78, 5) is 24.2. The molecule has 0 bridgehead atoms. The summed E-state index contributed by atoms with van der Waals surface area (Å²) in [5.74, 6) is -0.132. The molecule has 0 aliphatic carbocycles. The molecule has 16 heavy (non-hydrogen) atoms. The van der Waals surface area contributed by atoms with Gasteiger partial charge in [-0.15, -0.1) is 0 Å². The summed E-state index contributed by atoms with van der Waals surface area (Å²) in [6.07, 6.45) is 0.455. The Morgan fingerprint density at radius 3 is 2.19 bits per heavy atom. The number of likely N-dealkylation sites (N-methyl/N-ethyl adjacent to an activating group) is 1. The maximum Gasteiger partial charge on any atom is 0.325 e. The van der Waals surface area contributed by atoms with Gasteiger partial charge in [0.2, 0.25) is 5.91 Å². The lowest BCUT2D eigenvalue weighted by molar-refractivity contribution is -0.146. The van der Waals surface area contributed by atoms with Crippen LogP contribution in [0, 0.1) is 11.3 Å². The second-order valence-electron chi connectivity index (χ2n) is 5.30. The van der Waals surface area contributed by atoms with E-state index < -0.39 is 0 Å². The maximum absolute atomic E-state index is 11.8.